The number of piperidine rings is 1. The predicted molar refractivity (Wildman–Crippen MR) is 158 cm³/mol. The van der Waals surface area contributed by atoms with Crippen molar-refractivity contribution in [3.05, 3.63) is 72.6 Å². The number of esters is 1. The van der Waals surface area contributed by atoms with Gasteiger partial charge in [0.2, 0.25) is 0 Å². The Bertz CT molecular complexity index is 1640. The third-order valence-electron chi connectivity index (χ3n) is 7.64. The average Bonchev–Trinajstić information content (AvgIpc) is 3.56. The number of methoxy groups -OCH3 is 2. The molecule has 10 nitrogen and oxygen atoms in total. The molecule has 0 amide bonds. The first-order valence-corrected chi connectivity index (χ1v) is 14.5. The van der Waals surface area contributed by atoms with E-state index in [0.717, 1.165) is 31.8 Å². The van der Waals surface area contributed by atoms with Crippen molar-refractivity contribution in [2.45, 2.75) is 38.8 Å². The predicted octanol–water partition coefficient (Wildman–Crippen LogP) is 2.94. The molecule has 0 radical (unpaired) electrons. The molecular formula is C30H36N4O6S. The first kappa shape index (κ1) is 28.7. The second-order valence-corrected chi connectivity index (χ2v) is 11.3. The van der Waals surface area contributed by atoms with Crippen LogP contribution in [0.3, 0.4) is 0 Å². The van der Waals surface area contributed by atoms with Crippen LogP contribution < -0.4 is 29.3 Å². The van der Waals surface area contributed by atoms with Gasteiger partial charge in [0.15, 0.2) is 10.7 Å². The number of aromatic nitrogens is 1. The van der Waals surface area contributed by atoms with Gasteiger partial charge in [0.25, 0.3) is 5.56 Å². The van der Waals surface area contributed by atoms with E-state index in [1.807, 2.05) is 12.1 Å². The van der Waals surface area contributed by atoms with Crippen molar-refractivity contribution in [3.8, 4) is 11.5 Å². The van der Waals surface area contributed by atoms with Crippen LogP contribution in [0, 0.1) is 0 Å². The third-order valence-corrected chi connectivity index (χ3v) is 8.63. The van der Waals surface area contributed by atoms with Gasteiger partial charge in [0.1, 0.15) is 23.3 Å². The lowest BCUT2D eigenvalue weighted by atomic mass is 9.95. The number of benzene rings is 1. The molecule has 0 N–H and O–H groups in total. The molecule has 0 aliphatic carbocycles. The Morgan fingerprint density at radius 3 is 2.59 bits per heavy atom. The molecule has 3 aromatic rings. The fourth-order valence-electron chi connectivity index (χ4n) is 5.45. The summed E-state index contributed by atoms with van der Waals surface area (Å²) in [5.41, 5.74) is 1.12. The van der Waals surface area contributed by atoms with Crippen molar-refractivity contribution in [2.24, 2.45) is 4.99 Å². The Morgan fingerprint density at radius 1 is 1.17 bits per heavy atom. The number of anilines is 1. The summed E-state index contributed by atoms with van der Waals surface area (Å²) >= 11 is 1.25. The minimum atomic E-state index is -0.793. The molecular weight excluding hydrogens is 544 g/mol. The van der Waals surface area contributed by atoms with Crippen LogP contribution in [0.4, 0.5) is 5.88 Å². The zero-order chi connectivity index (χ0) is 29.3. The molecule has 1 atom stereocenters. The Hall–Kier alpha value is -3.83. The zero-order valence-electron chi connectivity index (χ0n) is 24.3. The highest BCUT2D eigenvalue weighted by Crippen LogP contribution is 2.37. The minimum Gasteiger partial charge on any atom is -0.497 e. The second kappa shape index (κ2) is 12.0. The van der Waals surface area contributed by atoms with E-state index in [4.69, 9.17) is 18.6 Å². The number of rotatable bonds is 8. The van der Waals surface area contributed by atoms with E-state index >= 15 is 0 Å². The molecule has 2 aromatic heterocycles. The van der Waals surface area contributed by atoms with E-state index in [2.05, 4.69) is 28.9 Å². The Labute approximate surface area is 242 Å². The first-order chi connectivity index (χ1) is 19.7. The molecule has 2 aliphatic rings. The largest absolute Gasteiger partial charge is 0.497 e. The molecule has 0 unspecified atom stereocenters. The highest BCUT2D eigenvalue weighted by molar-refractivity contribution is 7.07. The molecule has 5 rings (SSSR count). The fraction of sp³-hybridized carbons (Fsp3) is 0.433. The van der Waals surface area contributed by atoms with Crippen molar-refractivity contribution >= 4 is 29.3 Å². The van der Waals surface area contributed by atoms with Crippen LogP contribution in [-0.4, -0.2) is 69.5 Å². The van der Waals surface area contributed by atoms with Crippen molar-refractivity contribution < 1.29 is 23.4 Å². The van der Waals surface area contributed by atoms with Crippen molar-refractivity contribution in [3.63, 3.8) is 0 Å². The van der Waals surface area contributed by atoms with Crippen molar-refractivity contribution in [1.82, 2.24) is 9.47 Å². The number of carbonyl (C=O) groups excluding carboxylic acids is 1. The van der Waals surface area contributed by atoms with Crippen LogP contribution in [-0.2, 0) is 9.53 Å². The normalized spacial score (nSPS) is 18.0. The van der Waals surface area contributed by atoms with Crippen LogP contribution in [0.15, 0.2) is 55.8 Å². The summed E-state index contributed by atoms with van der Waals surface area (Å²) in [5.74, 6) is 1.92. The maximum absolute atomic E-state index is 14.0. The number of ether oxygens (including phenoxy) is 3. The summed E-state index contributed by atoms with van der Waals surface area (Å²) < 4.78 is 24.6. The summed E-state index contributed by atoms with van der Waals surface area (Å²) in [6.07, 6.45) is 3.88. The lowest BCUT2D eigenvalue weighted by Crippen LogP contribution is -2.41. The van der Waals surface area contributed by atoms with Gasteiger partial charge in [-0.2, -0.15) is 0 Å². The number of nitrogens with zero attached hydrogens (tertiary/aromatic N) is 4. The summed E-state index contributed by atoms with van der Waals surface area (Å²) in [7, 11) is 7.35. The molecule has 1 fully saturated rings. The summed E-state index contributed by atoms with van der Waals surface area (Å²) in [5, 5.41) is 0. The highest BCUT2D eigenvalue weighted by Gasteiger charge is 2.35. The molecule has 0 saturated carbocycles. The first-order valence-electron chi connectivity index (χ1n) is 13.7. The molecule has 1 saturated heterocycles. The molecule has 2 aliphatic heterocycles. The quantitative estimate of drug-likeness (QED) is 0.375. The molecule has 0 spiro atoms. The molecule has 218 valence electrons. The number of fused-ring (bicyclic) bond motifs is 1. The maximum Gasteiger partial charge on any atom is 0.338 e. The standard InChI is InChI=1S/C30H36N4O6S/c1-7-39-29(36)26-18(2)31-30-34(27(26)22-10-8-20(37-5)16-23(22)38-6)28(35)24(41-30)17-21-9-11-25(40-21)33-14-12-19(13-15-33)32(3)4/h8-11,16-17,19,27H,7,12-15H2,1-6H3/b24-17-/t27-/m0/s1. The van der Waals surface area contributed by atoms with Gasteiger partial charge >= 0.3 is 5.97 Å². The zero-order valence-corrected chi connectivity index (χ0v) is 25.1. The van der Waals surface area contributed by atoms with Gasteiger partial charge in [-0.1, -0.05) is 11.3 Å². The summed E-state index contributed by atoms with van der Waals surface area (Å²) in [6.45, 7) is 5.52. The number of furan rings is 1. The molecule has 0 bridgehead atoms. The lowest BCUT2D eigenvalue weighted by Gasteiger charge is -2.35. The lowest BCUT2D eigenvalue weighted by molar-refractivity contribution is -0.139. The smallest absolute Gasteiger partial charge is 0.338 e. The number of hydrogen-bond acceptors (Lipinski definition) is 10. The van der Waals surface area contributed by atoms with Crippen LogP contribution in [0.25, 0.3) is 6.08 Å². The number of carbonyl (C=O) groups is 1. The SMILES string of the molecule is CCOC(=O)C1=C(C)N=c2s/c(=C\c3ccc(N4CCC(N(C)C)CC4)o3)c(=O)n2[C@H]1c1ccc(OC)cc1OC. The van der Waals surface area contributed by atoms with Crippen LogP contribution in [0.2, 0.25) is 0 Å². The maximum atomic E-state index is 14.0. The molecule has 11 heteroatoms. The van der Waals surface area contributed by atoms with Crippen LogP contribution in [0.1, 0.15) is 44.1 Å². The Morgan fingerprint density at radius 2 is 1.93 bits per heavy atom. The number of hydrogen-bond donors (Lipinski definition) is 0. The molecule has 4 heterocycles. The summed E-state index contributed by atoms with van der Waals surface area (Å²) in [4.78, 5) is 36.8. The van der Waals surface area contributed by atoms with E-state index < -0.39 is 12.0 Å². The molecule has 41 heavy (non-hydrogen) atoms. The highest BCUT2D eigenvalue weighted by atomic mass is 32.1. The van der Waals surface area contributed by atoms with Gasteiger partial charge in [0.05, 0.1) is 36.6 Å². The van der Waals surface area contributed by atoms with Gasteiger partial charge in [-0.3, -0.25) is 9.36 Å². The van der Waals surface area contributed by atoms with E-state index in [1.54, 1.807) is 52.3 Å². The Kier molecular flexibility index (Phi) is 8.37. The minimum absolute atomic E-state index is 0.195. The summed E-state index contributed by atoms with van der Waals surface area (Å²) in [6, 6.07) is 8.92. The molecule has 1 aromatic carbocycles. The van der Waals surface area contributed by atoms with Gasteiger partial charge in [0, 0.05) is 42.9 Å². The second-order valence-electron chi connectivity index (χ2n) is 10.3. The average molecular weight is 581 g/mol. The van der Waals surface area contributed by atoms with Crippen LogP contribution in [0.5, 0.6) is 11.5 Å². The van der Waals surface area contributed by atoms with E-state index in [0.29, 0.717) is 43.9 Å². The van der Waals surface area contributed by atoms with Crippen LogP contribution >= 0.6 is 11.3 Å². The van der Waals surface area contributed by atoms with E-state index in [1.165, 1.54) is 15.9 Å². The van der Waals surface area contributed by atoms with Gasteiger partial charge in [-0.15, -0.1) is 0 Å². The van der Waals surface area contributed by atoms with Gasteiger partial charge < -0.3 is 28.4 Å². The number of allylic oxidation sites excluding steroid dienone is 1. The van der Waals surface area contributed by atoms with E-state index in [-0.39, 0.29) is 17.7 Å². The third kappa shape index (κ3) is 5.56. The van der Waals surface area contributed by atoms with Crippen molar-refractivity contribution in [2.75, 3.05) is 52.9 Å². The number of thiazole rings is 1. The van der Waals surface area contributed by atoms with E-state index in [9.17, 15) is 9.59 Å². The fourth-order valence-corrected chi connectivity index (χ4v) is 6.48. The van der Waals surface area contributed by atoms with Gasteiger partial charge in [-0.05, 0) is 59.0 Å². The monoisotopic (exact) mass is 580 g/mol. The van der Waals surface area contributed by atoms with Gasteiger partial charge in [-0.25, -0.2) is 9.79 Å². The topological polar surface area (TPSA) is 98.7 Å². The Balaban J connectivity index is 1.57. The van der Waals surface area contributed by atoms with Crippen molar-refractivity contribution in [1.29, 1.82) is 0 Å².